The Morgan fingerprint density at radius 3 is 2.28 bits per heavy atom. The van der Waals surface area contributed by atoms with Gasteiger partial charge in [-0.15, -0.1) is 0 Å². The minimum absolute atomic E-state index is 0.270. The Hall–Kier alpha value is -3.27. The molecule has 1 N–H and O–H groups in total. The molecule has 1 amide bonds. The van der Waals surface area contributed by atoms with Crippen molar-refractivity contribution in [2.24, 2.45) is 0 Å². The average Bonchev–Trinajstić information content (AvgIpc) is 2.95. The molecule has 0 bridgehead atoms. The van der Waals surface area contributed by atoms with Crippen LogP contribution in [0.4, 0.5) is 0 Å². The molecule has 0 fully saturated rings. The highest BCUT2D eigenvalue weighted by Gasteiger charge is 2.29. The lowest BCUT2D eigenvalue weighted by molar-refractivity contribution is -0.119. The SMILES string of the molecule is COc1cc2c(c(OC)c1OC)-c1ccc(=O)c(OS(C)(=O)=O)cc1[C@@H](NC(C)=O)CC2. The predicted molar refractivity (Wildman–Crippen MR) is 118 cm³/mol. The van der Waals surface area contributed by atoms with Crippen LogP contribution >= 0.6 is 0 Å². The highest BCUT2D eigenvalue weighted by molar-refractivity contribution is 7.86. The first kappa shape index (κ1) is 23.4. The zero-order valence-electron chi connectivity index (χ0n) is 18.5. The molecule has 2 aromatic carbocycles. The van der Waals surface area contributed by atoms with Gasteiger partial charge in [0.2, 0.25) is 17.1 Å². The molecule has 1 aliphatic carbocycles. The molecule has 10 heteroatoms. The van der Waals surface area contributed by atoms with Crippen molar-refractivity contribution < 1.29 is 31.6 Å². The van der Waals surface area contributed by atoms with Gasteiger partial charge < -0.3 is 23.7 Å². The normalized spacial score (nSPS) is 15.0. The van der Waals surface area contributed by atoms with Gasteiger partial charge in [0.1, 0.15) is 0 Å². The van der Waals surface area contributed by atoms with Gasteiger partial charge in [-0.1, -0.05) is 0 Å². The van der Waals surface area contributed by atoms with Crippen molar-refractivity contribution in [1.82, 2.24) is 5.32 Å². The van der Waals surface area contributed by atoms with Gasteiger partial charge in [0.25, 0.3) is 0 Å². The van der Waals surface area contributed by atoms with E-state index in [1.54, 1.807) is 6.07 Å². The Morgan fingerprint density at radius 2 is 1.72 bits per heavy atom. The quantitative estimate of drug-likeness (QED) is 0.648. The average molecular weight is 464 g/mol. The molecule has 9 nitrogen and oxygen atoms in total. The summed E-state index contributed by atoms with van der Waals surface area (Å²) in [6.45, 7) is 1.39. The number of rotatable bonds is 6. The molecule has 0 saturated heterocycles. The van der Waals surface area contributed by atoms with E-state index in [0.717, 1.165) is 11.8 Å². The molecule has 0 radical (unpaired) electrons. The van der Waals surface area contributed by atoms with Crippen molar-refractivity contribution in [3.8, 4) is 34.1 Å². The number of benzene rings is 1. The molecule has 0 saturated carbocycles. The van der Waals surface area contributed by atoms with Crippen LogP contribution in [0.1, 0.15) is 30.5 Å². The Morgan fingerprint density at radius 1 is 1.03 bits per heavy atom. The third-order valence-electron chi connectivity index (χ3n) is 5.12. The number of hydrogen-bond donors (Lipinski definition) is 1. The fourth-order valence-corrected chi connectivity index (χ4v) is 4.38. The maximum atomic E-state index is 12.6. The molecule has 0 aromatic heterocycles. The van der Waals surface area contributed by atoms with Crippen LogP contribution in [-0.2, 0) is 21.3 Å². The molecule has 1 atom stereocenters. The van der Waals surface area contributed by atoms with Gasteiger partial charge in [-0.25, -0.2) is 0 Å². The molecule has 2 aromatic rings. The molecule has 0 spiro atoms. The smallest absolute Gasteiger partial charge is 0.306 e. The maximum Gasteiger partial charge on any atom is 0.306 e. The van der Waals surface area contributed by atoms with Crippen molar-refractivity contribution in [3.05, 3.63) is 45.6 Å². The first-order valence-electron chi connectivity index (χ1n) is 9.76. The van der Waals surface area contributed by atoms with Gasteiger partial charge in [-0.3, -0.25) is 9.59 Å². The van der Waals surface area contributed by atoms with E-state index in [-0.39, 0.29) is 11.7 Å². The van der Waals surface area contributed by atoms with E-state index in [1.165, 1.54) is 40.4 Å². The van der Waals surface area contributed by atoms with Crippen molar-refractivity contribution >= 4 is 16.0 Å². The summed E-state index contributed by atoms with van der Waals surface area (Å²) in [5, 5.41) is 2.88. The van der Waals surface area contributed by atoms with E-state index in [4.69, 9.17) is 18.4 Å². The number of nitrogens with one attached hydrogen (secondary N) is 1. The molecule has 32 heavy (non-hydrogen) atoms. The topological polar surface area (TPSA) is 117 Å². The van der Waals surface area contributed by atoms with Gasteiger partial charge in [-0.05, 0) is 53.8 Å². The minimum atomic E-state index is -3.95. The third-order valence-corrected chi connectivity index (χ3v) is 5.60. The summed E-state index contributed by atoms with van der Waals surface area (Å²) >= 11 is 0. The highest BCUT2D eigenvalue weighted by atomic mass is 32.2. The summed E-state index contributed by atoms with van der Waals surface area (Å²) in [7, 11) is 0.556. The maximum absolute atomic E-state index is 12.6. The van der Waals surface area contributed by atoms with E-state index in [2.05, 4.69) is 5.32 Å². The van der Waals surface area contributed by atoms with Crippen molar-refractivity contribution in [3.63, 3.8) is 0 Å². The first-order valence-corrected chi connectivity index (χ1v) is 11.6. The number of amides is 1. The summed E-state index contributed by atoms with van der Waals surface area (Å²) in [6.07, 6.45) is 1.88. The predicted octanol–water partition coefficient (Wildman–Crippen LogP) is 2.20. The van der Waals surface area contributed by atoms with Gasteiger partial charge >= 0.3 is 10.1 Å². The molecule has 1 aliphatic rings. The highest BCUT2D eigenvalue weighted by Crippen LogP contribution is 2.50. The lowest BCUT2D eigenvalue weighted by Crippen LogP contribution is -2.26. The Labute approximate surface area is 186 Å². The standard InChI is InChI=1S/C22H25NO8S/c1-12(24)23-16-8-6-13-10-19(28-2)21(29-3)22(30-4)20(13)14-7-9-17(25)18(11-15(14)16)31-32(5,26)27/h7,9-11,16H,6,8H2,1-5H3,(H,23,24)/t16-/m0/s1. The fourth-order valence-electron chi connectivity index (χ4n) is 3.92. The van der Waals surface area contributed by atoms with Crippen LogP contribution in [0.2, 0.25) is 0 Å². The van der Waals surface area contributed by atoms with Crippen LogP contribution < -0.4 is 29.1 Å². The van der Waals surface area contributed by atoms with E-state index in [0.29, 0.717) is 46.8 Å². The lowest BCUT2D eigenvalue weighted by atomic mass is 9.95. The molecular formula is C22H25NO8S. The van der Waals surface area contributed by atoms with E-state index in [1.807, 2.05) is 6.07 Å². The van der Waals surface area contributed by atoms with Crippen LogP contribution in [0.5, 0.6) is 23.0 Å². The largest absolute Gasteiger partial charge is 0.493 e. The first-order chi connectivity index (χ1) is 15.1. The van der Waals surface area contributed by atoms with Crippen LogP contribution in [-0.4, -0.2) is 41.9 Å². The molecule has 0 unspecified atom stereocenters. The summed E-state index contributed by atoms with van der Waals surface area (Å²) in [6, 6.07) is 5.49. The second-order valence-corrected chi connectivity index (χ2v) is 8.91. The number of hydrogen-bond acceptors (Lipinski definition) is 8. The Balaban J connectivity index is 2.43. The second-order valence-electron chi connectivity index (χ2n) is 7.33. The molecule has 0 aliphatic heterocycles. The van der Waals surface area contributed by atoms with E-state index < -0.39 is 21.6 Å². The van der Waals surface area contributed by atoms with Crippen LogP contribution in [0.3, 0.4) is 0 Å². The molecule has 0 heterocycles. The van der Waals surface area contributed by atoms with Crippen molar-refractivity contribution in [2.75, 3.05) is 27.6 Å². The second kappa shape index (κ2) is 9.07. The number of carbonyl (C=O) groups is 1. The summed E-state index contributed by atoms with van der Waals surface area (Å²) in [4.78, 5) is 24.5. The Kier molecular flexibility index (Phi) is 6.63. The van der Waals surface area contributed by atoms with E-state index >= 15 is 0 Å². The van der Waals surface area contributed by atoms with Crippen LogP contribution in [0.25, 0.3) is 11.1 Å². The lowest BCUT2D eigenvalue weighted by Gasteiger charge is -2.20. The summed E-state index contributed by atoms with van der Waals surface area (Å²) in [5.41, 5.74) is 2.00. The van der Waals surface area contributed by atoms with Gasteiger partial charge in [0, 0.05) is 12.5 Å². The monoisotopic (exact) mass is 463 g/mol. The van der Waals surface area contributed by atoms with Gasteiger partial charge in [0.05, 0.1) is 33.6 Å². The summed E-state index contributed by atoms with van der Waals surface area (Å²) in [5.74, 6) is 0.629. The zero-order chi connectivity index (χ0) is 23.6. The Bertz CT molecular complexity index is 1220. The summed E-state index contributed by atoms with van der Waals surface area (Å²) < 4.78 is 45.1. The third kappa shape index (κ3) is 4.64. The number of carbonyl (C=O) groups excluding carboxylic acids is 1. The molecule has 3 rings (SSSR count). The number of ether oxygens (including phenoxy) is 3. The number of methoxy groups -OCH3 is 3. The van der Waals surface area contributed by atoms with E-state index in [9.17, 15) is 18.0 Å². The molecular weight excluding hydrogens is 438 g/mol. The van der Waals surface area contributed by atoms with Crippen molar-refractivity contribution in [2.45, 2.75) is 25.8 Å². The fraction of sp³-hybridized carbons (Fsp3) is 0.364. The van der Waals surface area contributed by atoms with Gasteiger partial charge in [0.15, 0.2) is 17.2 Å². The minimum Gasteiger partial charge on any atom is -0.493 e. The van der Waals surface area contributed by atoms with Crippen LogP contribution in [0.15, 0.2) is 29.1 Å². The van der Waals surface area contributed by atoms with Crippen molar-refractivity contribution in [1.29, 1.82) is 0 Å². The number of aryl methyl sites for hydroxylation is 1. The zero-order valence-corrected chi connectivity index (χ0v) is 19.3. The van der Waals surface area contributed by atoms with Crippen LogP contribution in [0, 0.1) is 0 Å². The number of fused-ring (bicyclic) bond motifs is 3. The molecule has 172 valence electrons. The van der Waals surface area contributed by atoms with Gasteiger partial charge in [-0.2, -0.15) is 8.42 Å².